The third-order valence-corrected chi connectivity index (χ3v) is 3.23. The second kappa shape index (κ2) is 6.30. The van der Waals surface area contributed by atoms with Crippen LogP contribution < -0.4 is 0 Å². The predicted octanol–water partition coefficient (Wildman–Crippen LogP) is 2.72. The number of carboxylic acid groups (broad SMARTS) is 1. The van der Waals surface area contributed by atoms with Crippen molar-refractivity contribution in [2.24, 2.45) is 0 Å². The van der Waals surface area contributed by atoms with E-state index in [2.05, 4.69) is 9.88 Å². The molecule has 0 aliphatic rings. The molecular formula is C16H18N2O2. The maximum absolute atomic E-state index is 10.9. The monoisotopic (exact) mass is 270 g/mol. The molecule has 0 saturated heterocycles. The summed E-state index contributed by atoms with van der Waals surface area (Å²) in [5.41, 5.74) is 3.70. The molecule has 104 valence electrons. The molecule has 1 aromatic carbocycles. The number of hydrogen-bond acceptors (Lipinski definition) is 3. The van der Waals surface area contributed by atoms with Gasteiger partial charge < -0.3 is 5.11 Å². The number of carboxylic acids is 1. The molecule has 2 aromatic rings. The summed E-state index contributed by atoms with van der Waals surface area (Å²) in [4.78, 5) is 17.1. The van der Waals surface area contributed by atoms with Crippen LogP contribution in [0.4, 0.5) is 0 Å². The van der Waals surface area contributed by atoms with Gasteiger partial charge >= 0.3 is 5.97 Å². The molecule has 1 N–H and O–H groups in total. The Labute approximate surface area is 118 Å². The van der Waals surface area contributed by atoms with Crippen molar-refractivity contribution in [1.82, 2.24) is 9.88 Å². The van der Waals surface area contributed by atoms with Gasteiger partial charge in [0, 0.05) is 25.5 Å². The van der Waals surface area contributed by atoms with Crippen LogP contribution in [0.2, 0.25) is 0 Å². The Balaban J connectivity index is 2.04. The summed E-state index contributed by atoms with van der Waals surface area (Å²) in [6, 6.07) is 9.26. The normalized spacial score (nSPS) is 10.8. The van der Waals surface area contributed by atoms with E-state index < -0.39 is 5.97 Å². The van der Waals surface area contributed by atoms with Gasteiger partial charge in [0.15, 0.2) is 0 Å². The van der Waals surface area contributed by atoms with Crippen LogP contribution in [0.5, 0.6) is 0 Å². The Morgan fingerprint density at radius 1 is 1.20 bits per heavy atom. The first-order chi connectivity index (χ1) is 9.56. The highest BCUT2D eigenvalue weighted by Crippen LogP contribution is 2.14. The number of rotatable bonds is 5. The van der Waals surface area contributed by atoms with Gasteiger partial charge in [-0.1, -0.05) is 6.07 Å². The minimum absolute atomic E-state index is 0.336. The van der Waals surface area contributed by atoms with E-state index in [0.717, 1.165) is 24.2 Å². The molecule has 1 heterocycles. The van der Waals surface area contributed by atoms with Crippen LogP contribution in [0.3, 0.4) is 0 Å². The number of pyridine rings is 1. The number of aromatic nitrogens is 1. The van der Waals surface area contributed by atoms with Gasteiger partial charge in [-0.2, -0.15) is 0 Å². The summed E-state index contributed by atoms with van der Waals surface area (Å²) in [6.07, 6.45) is 3.58. The van der Waals surface area contributed by atoms with Crippen LogP contribution >= 0.6 is 0 Å². The fourth-order valence-electron chi connectivity index (χ4n) is 2.15. The van der Waals surface area contributed by atoms with Gasteiger partial charge in [0.25, 0.3) is 0 Å². The zero-order valence-electron chi connectivity index (χ0n) is 11.7. The predicted molar refractivity (Wildman–Crippen MR) is 77.5 cm³/mol. The molecule has 0 atom stereocenters. The van der Waals surface area contributed by atoms with Gasteiger partial charge in [-0.05, 0) is 54.9 Å². The van der Waals surface area contributed by atoms with Gasteiger partial charge in [-0.3, -0.25) is 9.88 Å². The first kappa shape index (κ1) is 14.2. The zero-order chi connectivity index (χ0) is 14.5. The van der Waals surface area contributed by atoms with Crippen molar-refractivity contribution in [3.8, 4) is 0 Å². The minimum atomic E-state index is -0.884. The quantitative estimate of drug-likeness (QED) is 0.907. The molecule has 4 nitrogen and oxygen atoms in total. The van der Waals surface area contributed by atoms with E-state index >= 15 is 0 Å². The number of hydrogen-bond donors (Lipinski definition) is 1. The molecule has 4 heteroatoms. The van der Waals surface area contributed by atoms with Gasteiger partial charge in [0.1, 0.15) is 0 Å². The lowest BCUT2D eigenvalue weighted by Crippen LogP contribution is -2.18. The number of aryl methyl sites for hydroxylation is 1. The van der Waals surface area contributed by atoms with Gasteiger partial charge in [-0.15, -0.1) is 0 Å². The maximum Gasteiger partial charge on any atom is 0.335 e. The summed E-state index contributed by atoms with van der Waals surface area (Å²) >= 11 is 0. The first-order valence-electron chi connectivity index (χ1n) is 6.46. The maximum atomic E-state index is 10.9. The van der Waals surface area contributed by atoms with Crippen molar-refractivity contribution in [2.45, 2.75) is 20.0 Å². The van der Waals surface area contributed by atoms with Gasteiger partial charge in [0.05, 0.1) is 5.56 Å². The summed E-state index contributed by atoms with van der Waals surface area (Å²) in [5.74, 6) is -0.884. The molecule has 0 fully saturated rings. The first-order valence-corrected chi connectivity index (χ1v) is 6.46. The highest BCUT2D eigenvalue weighted by Gasteiger charge is 2.08. The van der Waals surface area contributed by atoms with Crippen molar-refractivity contribution in [3.05, 3.63) is 65.0 Å². The van der Waals surface area contributed by atoms with Gasteiger partial charge in [-0.25, -0.2) is 4.79 Å². The van der Waals surface area contributed by atoms with Crippen LogP contribution in [-0.4, -0.2) is 28.0 Å². The molecule has 0 saturated carbocycles. The number of benzene rings is 1. The molecule has 2 rings (SSSR count). The van der Waals surface area contributed by atoms with Crippen LogP contribution in [0.25, 0.3) is 0 Å². The molecule has 0 radical (unpaired) electrons. The van der Waals surface area contributed by atoms with E-state index in [1.165, 1.54) is 5.56 Å². The summed E-state index contributed by atoms with van der Waals surface area (Å²) < 4.78 is 0. The lowest BCUT2D eigenvalue weighted by molar-refractivity contribution is 0.0696. The van der Waals surface area contributed by atoms with Crippen LogP contribution in [0, 0.1) is 6.92 Å². The fourth-order valence-corrected chi connectivity index (χ4v) is 2.15. The third kappa shape index (κ3) is 3.65. The summed E-state index contributed by atoms with van der Waals surface area (Å²) in [6.45, 7) is 3.57. The SMILES string of the molecule is Cc1cc(C(=O)O)ccc1CN(C)Cc1ccncc1. The van der Waals surface area contributed by atoms with E-state index in [-0.39, 0.29) is 0 Å². The molecule has 0 aliphatic heterocycles. The van der Waals surface area contributed by atoms with Crippen LogP contribution in [0.15, 0.2) is 42.7 Å². The Kier molecular flexibility index (Phi) is 4.48. The Morgan fingerprint density at radius 3 is 2.50 bits per heavy atom. The lowest BCUT2D eigenvalue weighted by Gasteiger charge is -2.18. The molecule has 20 heavy (non-hydrogen) atoms. The molecule has 0 unspecified atom stereocenters. The van der Waals surface area contributed by atoms with E-state index in [0.29, 0.717) is 5.56 Å². The molecule has 1 aromatic heterocycles. The molecule has 0 aliphatic carbocycles. The second-order valence-electron chi connectivity index (χ2n) is 4.97. The Bertz CT molecular complexity index is 597. The largest absolute Gasteiger partial charge is 0.478 e. The van der Waals surface area contributed by atoms with Crippen molar-refractivity contribution in [1.29, 1.82) is 0 Å². The van der Waals surface area contributed by atoms with E-state index in [1.54, 1.807) is 24.5 Å². The third-order valence-electron chi connectivity index (χ3n) is 3.23. The molecular weight excluding hydrogens is 252 g/mol. The lowest BCUT2D eigenvalue weighted by atomic mass is 10.0. The van der Waals surface area contributed by atoms with Crippen molar-refractivity contribution in [3.63, 3.8) is 0 Å². The zero-order valence-corrected chi connectivity index (χ0v) is 11.7. The average molecular weight is 270 g/mol. The molecule has 0 spiro atoms. The van der Waals surface area contributed by atoms with Gasteiger partial charge in [0.2, 0.25) is 0 Å². The van der Waals surface area contributed by atoms with E-state index in [9.17, 15) is 4.79 Å². The fraction of sp³-hybridized carbons (Fsp3) is 0.250. The highest BCUT2D eigenvalue weighted by atomic mass is 16.4. The molecule has 0 bridgehead atoms. The minimum Gasteiger partial charge on any atom is -0.478 e. The average Bonchev–Trinajstić information content (AvgIpc) is 2.42. The topological polar surface area (TPSA) is 53.4 Å². The Morgan fingerprint density at radius 2 is 1.90 bits per heavy atom. The Hall–Kier alpha value is -2.20. The number of aromatic carboxylic acids is 1. The highest BCUT2D eigenvalue weighted by molar-refractivity contribution is 5.87. The van der Waals surface area contributed by atoms with E-state index in [1.807, 2.05) is 32.2 Å². The molecule has 0 amide bonds. The van der Waals surface area contributed by atoms with Crippen molar-refractivity contribution >= 4 is 5.97 Å². The van der Waals surface area contributed by atoms with Crippen molar-refractivity contribution < 1.29 is 9.90 Å². The summed E-state index contributed by atoms with van der Waals surface area (Å²) in [5, 5.41) is 8.96. The van der Waals surface area contributed by atoms with Crippen LogP contribution in [0.1, 0.15) is 27.0 Å². The standard InChI is InChI=1S/C16H18N2O2/c1-12-9-14(16(19)20)3-4-15(12)11-18(2)10-13-5-7-17-8-6-13/h3-9H,10-11H2,1-2H3,(H,19,20). The van der Waals surface area contributed by atoms with Crippen LogP contribution in [-0.2, 0) is 13.1 Å². The smallest absolute Gasteiger partial charge is 0.335 e. The summed E-state index contributed by atoms with van der Waals surface area (Å²) in [7, 11) is 2.05. The van der Waals surface area contributed by atoms with Crippen molar-refractivity contribution in [2.75, 3.05) is 7.05 Å². The number of nitrogens with zero attached hydrogens (tertiary/aromatic N) is 2. The van der Waals surface area contributed by atoms with E-state index in [4.69, 9.17) is 5.11 Å². The number of carbonyl (C=O) groups is 1. The second-order valence-corrected chi connectivity index (χ2v) is 4.97.